The fraction of sp³-hybridized carbons (Fsp3) is 0.478. The van der Waals surface area contributed by atoms with Gasteiger partial charge in [0.15, 0.2) is 0 Å². The minimum Gasteiger partial charge on any atom is -0.497 e. The smallest absolute Gasteiger partial charge is 0.119 e. The van der Waals surface area contributed by atoms with Gasteiger partial charge in [-0.15, -0.1) is 12.4 Å². The normalized spacial score (nSPS) is 22.0. The maximum Gasteiger partial charge on any atom is 0.119 e. The number of hydrogen-bond acceptors (Lipinski definition) is 3. The third-order valence-electron chi connectivity index (χ3n) is 5.43. The van der Waals surface area contributed by atoms with Crippen molar-refractivity contribution in [3.05, 3.63) is 64.7 Å². The molecule has 5 heteroatoms. The first kappa shape index (κ1) is 23.0. The van der Waals surface area contributed by atoms with Crippen molar-refractivity contribution in [1.82, 2.24) is 4.90 Å². The number of ether oxygens (including phenoxy) is 2. The first-order chi connectivity index (χ1) is 13.0. The van der Waals surface area contributed by atoms with Crippen LogP contribution < -0.4 is 4.74 Å². The van der Waals surface area contributed by atoms with E-state index in [1.165, 1.54) is 5.56 Å². The van der Waals surface area contributed by atoms with Crippen LogP contribution >= 0.6 is 24.0 Å². The average molecular weight is 424 g/mol. The first-order valence-electron chi connectivity index (χ1n) is 9.70. The summed E-state index contributed by atoms with van der Waals surface area (Å²) < 4.78 is 11.7. The van der Waals surface area contributed by atoms with E-state index >= 15 is 0 Å². The zero-order valence-corrected chi connectivity index (χ0v) is 18.5. The van der Waals surface area contributed by atoms with Crippen LogP contribution in [0.2, 0.25) is 5.02 Å². The number of hydrogen-bond donors (Lipinski definition) is 0. The lowest BCUT2D eigenvalue weighted by Gasteiger charge is -2.38. The van der Waals surface area contributed by atoms with Crippen LogP contribution in [-0.2, 0) is 11.3 Å². The molecule has 1 fully saturated rings. The second-order valence-electron chi connectivity index (χ2n) is 7.78. The molecule has 28 heavy (non-hydrogen) atoms. The maximum absolute atomic E-state index is 6.26. The summed E-state index contributed by atoms with van der Waals surface area (Å²) in [5, 5.41) is 0.767. The molecule has 1 aliphatic carbocycles. The van der Waals surface area contributed by atoms with Gasteiger partial charge in [-0.3, -0.25) is 0 Å². The van der Waals surface area contributed by atoms with Crippen LogP contribution in [0, 0.1) is 5.92 Å². The van der Waals surface area contributed by atoms with Crippen LogP contribution in [0.3, 0.4) is 0 Å². The van der Waals surface area contributed by atoms with Crippen LogP contribution in [0.15, 0.2) is 48.5 Å². The van der Waals surface area contributed by atoms with E-state index in [9.17, 15) is 0 Å². The lowest BCUT2D eigenvalue weighted by molar-refractivity contribution is -0.00689. The van der Waals surface area contributed by atoms with Crippen molar-refractivity contribution in [1.29, 1.82) is 0 Å². The van der Waals surface area contributed by atoms with Gasteiger partial charge in [-0.1, -0.05) is 35.9 Å². The van der Waals surface area contributed by atoms with Crippen LogP contribution in [0.25, 0.3) is 0 Å². The van der Waals surface area contributed by atoms with E-state index in [4.69, 9.17) is 21.1 Å². The van der Waals surface area contributed by atoms with Gasteiger partial charge in [-0.05, 0) is 80.6 Å². The third kappa shape index (κ3) is 6.38. The molecule has 3 nitrogen and oxygen atoms in total. The van der Waals surface area contributed by atoms with Crippen molar-refractivity contribution in [2.24, 2.45) is 5.92 Å². The summed E-state index contributed by atoms with van der Waals surface area (Å²) in [4.78, 5) is 2.29. The molecule has 0 bridgehead atoms. The van der Waals surface area contributed by atoms with E-state index in [1.54, 1.807) is 7.11 Å². The molecule has 3 atom stereocenters. The minimum atomic E-state index is 0. The second-order valence-corrected chi connectivity index (χ2v) is 8.22. The second kappa shape index (κ2) is 11.1. The van der Waals surface area contributed by atoms with Gasteiger partial charge in [0.25, 0.3) is 0 Å². The molecule has 0 radical (unpaired) electrons. The molecule has 1 saturated carbocycles. The predicted molar refractivity (Wildman–Crippen MR) is 119 cm³/mol. The number of methoxy groups -OCH3 is 1. The Morgan fingerprint density at radius 3 is 2.57 bits per heavy atom. The van der Waals surface area contributed by atoms with Crippen molar-refractivity contribution >= 4 is 24.0 Å². The Balaban J connectivity index is 0.00000280. The van der Waals surface area contributed by atoms with Gasteiger partial charge in [-0.2, -0.15) is 0 Å². The monoisotopic (exact) mass is 423 g/mol. The Morgan fingerprint density at radius 1 is 1.07 bits per heavy atom. The van der Waals surface area contributed by atoms with Gasteiger partial charge >= 0.3 is 0 Å². The first-order valence-corrected chi connectivity index (χ1v) is 10.1. The van der Waals surface area contributed by atoms with E-state index in [2.05, 4.69) is 43.3 Å². The Labute approximate surface area is 180 Å². The van der Waals surface area contributed by atoms with E-state index in [1.807, 2.05) is 24.3 Å². The summed E-state index contributed by atoms with van der Waals surface area (Å²) in [5.41, 5.74) is 2.52. The van der Waals surface area contributed by atoms with E-state index in [0.717, 1.165) is 42.1 Å². The van der Waals surface area contributed by atoms with Crippen molar-refractivity contribution < 1.29 is 9.47 Å². The summed E-state index contributed by atoms with van der Waals surface area (Å²) in [6.45, 7) is 1.70. The van der Waals surface area contributed by atoms with Gasteiger partial charge in [0.2, 0.25) is 0 Å². The highest BCUT2D eigenvalue weighted by atomic mass is 35.5. The van der Waals surface area contributed by atoms with Gasteiger partial charge < -0.3 is 14.4 Å². The van der Waals surface area contributed by atoms with Crippen LogP contribution in [0.4, 0.5) is 0 Å². The number of benzene rings is 2. The maximum atomic E-state index is 6.26. The highest BCUT2D eigenvalue weighted by Gasteiger charge is 2.32. The number of rotatable bonds is 7. The molecule has 3 rings (SSSR count). The quantitative estimate of drug-likeness (QED) is 0.561. The largest absolute Gasteiger partial charge is 0.497 e. The predicted octanol–water partition coefficient (Wildman–Crippen LogP) is 5.80. The third-order valence-corrected chi connectivity index (χ3v) is 5.67. The molecule has 0 aromatic heterocycles. The van der Waals surface area contributed by atoms with Crippen molar-refractivity contribution in [2.75, 3.05) is 27.7 Å². The molecule has 0 amide bonds. The van der Waals surface area contributed by atoms with Crippen LogP contribution in [0.1, 0.15) is 36.3 Å². The van der Waals surface area contributed by atoms with Crippen molar-refractivity contribution in [3.8, 4) is 5.75 Å². The van der Waals surface area contributed by atoms with Crippen LogP contribution in [-0.4, -0.2) is 38.8 Å². The molecule has 154 valence electrons. The minimum absolute atomic E-state index is 0. The highest BCUT2D eigenvalue weighted by Crippen LogP contribution is 2.40. The topological polar surface area (TPSA) is 21.7 Å². The summed E-state index contributed by atoms with van der Waals surface area (Å²) >= 11 is 6.09. The standard InChI is InChI=1S/C23H30ClNO2.ClH/c1-25(2)15-19-14-22(27-16-17-6-4-8-20(24)12-17)10-11-23(19)18-7-5-9-21(13-18)26-3;/h4-9,12-13,19,22-23H,10-11,14-16H2,1-3H3;1H. The molecule has 2 aromatic carbocycles. The molecular weight excluding hydrogens is 393 g/mol. The lowest BCUT2D eigenvalue weighted by atomic mass is 9.74. The van der Waals surface area contributed by atoms with Crippen LogP contribution in [0.5, 0.6) is 5.75 Å². The Kier molecular flexibility index (Phi) is 9.10. The molecule has 0 saturated heterocycles. The van der Waals surface area contributed by atoms with Gasteiger partial charge in [0, 0.05) is 11.6 Å². The van der Waals surface area contributed by atoms with Gasteiger partial charge in [-0.25, -0.2) is 0 Å². The lowest BCUT2D eigenvalue weighted by Crippen LogP contribution is -2.34. The van der Waals surface area contributed by atoms with E-state index < -0.39 is 0 Å². The summed E-state index contributed by atoms with van der Waals surface area (Å²) in [7, 11) is 6.04. The number of nitrogens with zero attached hydrogens (tertiary/aromatic N) is 1. The molecule has 0 aliphatic heterocycles. The summed E-state index contributed by atoms with van der Waals surface area (Å²) in [6, 6.07) is 16.5. The average Bonchev–Trinajstić information content (AvgIpc) is 2.66. The van der Waals surface area contributed by atoms with E-state index in [-0.39, 0.29) is 12.4 Å². The van der Waals surface area contributed by atoms with Crippen molar-refractivity contribution in [3.63, 3.8) is 0 Å². The zero-order chi connectivity index (χ0) is 19.2. The van der Waals surface area contributed by atoms with Gasteiger partial charge in [0.05, 0.1) is 19.8 Å². The zero-order valence-electron chi connectivity index (χ0n) is 16.9. The fourth-order valence-corrected chi connectivity index (χ4v) is 4.41. The molecule has 0 heterocycles. The molecule has 2 aromatic rings. The molecule has 0 N–H and O–H groups in total. The Bertz CT molecular complexity index is 738. The Hall–Kier alpha value is -1.26. The highest BCUT2D eigenvalue weighted by molar-refractivity contribution is 6.30. The van der Waals surface area contributed by atoms with Gasteiger partial charge in [0.1, 0.15) is 5.75 Å². The number of halogens is 2. The SMILES string of the molecule is COc1cccc(C2CCC(OCc3cccc(Cl)c3)CC2CN(C)C)c1.Cl. The molecular formula is C23H31Cl2NO2. The Morgan fingerprint density at radius 2 is 1.86 bits per heavy atom. The van der Waals surface area contributed by atoms with E-state index in [0.29, 0.717) is 24.5 Å². The molecule has 1 aliphatic rings. The van der Waals surface area contributed by atoms with Crippen molar-refractivity contribution in [2.45, 2.75) is 37.9 Å². The molecule has 0 spiro atoms. The fourth-order valence-electron chi connectivity index (χ4n) is 4.19. The molecule has 3 unspecified atom stereocenters. The summed E-state index contributed by atoms with van der Waals surface area (Å²) in [5.74, 6) is 2.06. The summed E-state index contributed by atoms with van der Waals surface area (Å²) in [6.07, 6.45) is 3.62.